The fourth-order valence-corrected chi connectivity index (χ4v) is 3.21. The Bertz CT molecular complexity index is 540. The average Bonchev–Trinajstić information content (AvgIpc) is 3.12. The van der Waals surface area contributed by atoms with Gasteiger partial charge in [0.2, 0.25) is 5.95 Å². The molecule has 1 aliphatic heterocycles. The van der Waals surface area contributed by atoms with E-state index in [1.165, 1.54) is 5.56 Å². The number of H-pyrrole nitrogens is 1. The van der Waals surface area contributed by atoms with Crippen molar-refractivity contribution in [2.45, 2.75) is 26.2 Å². The number of aromatic amines is 1. The molecular formula is C14H21N5S. The highest BCUT2D eigenvalue weighted by Crippen LogP contribution is 2.30. The summed E-state index contributed by atoms with van der Waals surface area (Å²) in [6.07, 6.45) is 3.04. The highest BCUT2D eigenvalue weighted by Gasteiger charge is 2.29. The number of nitrogens with zero attached hydrogens (tertiary/aromatic N) is 3. The molecule has 0 unspecified atom stereocenters. The Balaban J connectivity index is 1.63. The van der Waals surface area contributed by atoms with Crippen LogP contribution in [0.1, 0.15) is 31.2 Å². The van der Waals surface area contributed by atoms with Gasteiger partial charge in [0, 0.05) is 19.5 Å². The largest absolute Gasteiger partial charge is 0.340 e. The molecule has 0 atom stereocenters. The lowest BCUT2D eigenvalue weighted by molar-refractivity contribution is 0.257. The smallest absolute Gasteiger partial charge is 0.244 e. The van der Waals surface area contributed by atoms with Gasteiger partial charge in [-0.05, 0) is 47.2 Å². The van der Waals surface area contributed by atoms with Crippen molar-refractivity contribution in [3.8, 4) is 0 Å². The summed E-state index contributed by atoms with van der Waals surface area (Å²) < 4.78 is 0. The lowest BCUT2D eigenvalue weighted by Crippen LogP contribution is -2.42. The summed E-state index contributed by atoms with van der Waals surface area (Å²) in [6, 6.07) is 2.13. The third-order valence-corrected chi connectivity index (χ3v) is 4.95. The summed E-state index contributed by atoms with van der Waals surface area (Å²) in [5, 5.41) is 11.6. The predicted octanol–water partition coefficient (Wildman–Crippen LogP) is 2.02. The van der Waals surface area contributed by atoms with Gasteiger partial charge >= 0.3 is 0 Å². The highest BCUT2D eigenvalue weighted by atomic mass is 32.1. The van der Waals surface area contributed by atoms with Crippen LogP contribution in [0.5, 0.6) is 0 Å². The number of rotatable bonds is 4. The third kappa shape index (κ3) is 2.86. The van der Waals surface area contributed by atoms with E-state index in [9.17, 15) is 0 Å². The maximum atomic E-state index is 5.85. The number of hydrogen-bond acceptors (Lipinski definition) is 5. The predicted molar refractivity (Wildman–Crippen MR) is 82.1 cm³/mol. The molecule has 0 aliphatic carbocycles. The lowest BCUT2D eigenvalue weighted by atomic mass is 9.81. The molecular weight excluding hydrogens is 270 g/mol. The Morgan fingerprint density at radius 2 is 2.25 bits per heavy atom. The van der Waals surface area contributed by atoms with E-state index in [1.54, 1.807) is 11.3 Å². The topological polar surface area (TPSA) is 70.8 Å². The Hall–Kier alpha value is -1.40. The molecule has 0 bridgehead atoms. The van der Waals surface area contributed by atoms with Crippen molar-refractivity contribution >= 4 is 17.3 Å². The normalized spacial score (nSPS) is 18.4. The van der Waals surface area contributed by atoms with Crippen LogP contribution in [-0.2, 0) is 6.42 Å². The van der Waals surface area contributed by atoms with E-state index in [0.717, 1.165) is 50.7 Å². The molecule has 2 aromatic heterocycles. The fraction of sp³-hybridized carbons (Fsp3) is 0.571. The molecule has 1 saturated heterocycles. The molecule has 1 fully saturated rings. The Morgan fingerprint density at radius 3 is 2.90 bits per heavy atom. The number of piperidine rings is 1. The van der Waals surface area contributed by atoms with E-state index in [-0.39, 0.29) is 5.41 Å². The summed E-state index contributed by atoms with van der Waals surface area (Å²) in [4.78, 5) is 6.87. The first-order valence-electron chi connectivity index (χ1n) is 7.06. The van der Waals surface area contributed by atoms with Crippen LogP contribution in [0.25, 0.3) is 0 Å². The molecule has 0 radical (unpaired) electrons. The van der Waals surface area contributed by atoms with E-state index >= 15 is 0 Å². The van der Waals surface area contributed by atoms with Gasteiger partial charge in [-0.15, -0.1) is 5.10 Å². The van der Waals surface area contributed by atoms with Gasteiger partial charge in [-0.2, -0.15) is 16.3 Å². The van der Waals surface area contributed by atoms with Gasteiger partial charge in [-0.25, -0.2) is 0 Å². The molecule has 3 heterocycles. The van der Waals surface area contributed by atoms with Crippen LogP contribution in [-0.4, -0.2) is 34.8 Å². The van der Waals surface area contributed by atoms with Crippen LogP contribution in [0.4, 0.5) is 5.95 Å². The number of hydrogen-bond donors (Lipinski definition) is 2. The number of anilines is 1. The van der Waals surface area contributed by atoms with E-state index in [1.807, 2.05) is 0 Å². The van der Waals surface area contributed by atoms with Crippen LogP contribution in [0.3, 0.4) is 0 Å². The van der Waals surface area contributed by atoms with Crippen molar-refractivity contribution in [3.05, 3.63) is 28.2 Å². The van der Waals surface area contributed by atoms with Gasteiger partial charge in [0.15, 0.2) is 0 Å². The summed E-state index contributed by atoms with van der Waals surface area (Å²) in [7, 11) is 0. The minimum Gasteiger partial charge on any atom is -0.340 e. The number of nitrogens with two attached hydrogens (primary N) is 1. The molecule has 20 heavy (non-hydrogen) atoms. The Kier molecular flexibility index (Phi) is 3.76. The van der Waals surface area contributed by atoms with Crippen LogP contribution in [0.15, 0.2) is 16.8 Å². The summed E-state index contributed by atoms with van der Waals surface area (Å²) >= 11 is 1.71. The average molecular weight is 291 g/mol. The fourth-order valence-electron chi connectivity index (χ4n) is 2.54. The van der Waals surface area contributed by atoms with Crippen LogP contribution in [0, 0.1) is 5.41 Å². The lowest BCUT2D eigenvalue weighted by Gasteiger charge is -2.38. The van der Waals surface area contributed by atoms with Gasteiger partial charge in [-0.3, -0.25) is 5.10 Å². The maximum Gasteiger partial charge on any atom is 0.244 e. The van der Waals surface area contributed by atoms with Crippen molar-refractivity contribution in [1.29, 1.82) is 0 Å². The monoisotopic (exact) mass is 291 g/mol. The van der Waals surface area contributed by atoms with Crippen molar-refractivity contribution in [2.24, 2.45) is 11.1 Å². The second kappa shape index (κ2) is 5.54. The number of nitrogens with one attached hydrogen (secondary N) is 1. The van der Waals surface area contributed by atoms with E-state index in [2.05, 4.69) is 43.8 Å². The van der Waals surface area contributed by atoms with Crippen LogP contribution in [0.2, 0.25) is 0 Å². The molecule has 5 nitrogen and oxygen atoms in total. The molecule has 3 rings (SSSR count). The SMILES string of the molecule is CC1(CN)CCN(c2n[nH]c(Cc3ccsc3)n2)CC1. The zero-order chi connectivity index (χ0) is 14.0. The minimum absolute atomic E-state index is 0.284. The van der Waals surface area contributed by atoms with Crippen molar-refractivity contribution in [1.82, 2.24) is 15.2 Å². The molecule has 0 saturated carbocycles. The molecule has 2 aromatic rings. The zero-order valence-electron chi connectivity index (χ0n) is 11.8. The first kappa shape index (κ1) is 13.6. The molecule has 0 amide bonds. The van der Waals surface area contributed by atoms with Crippen molar-refractivity contribution in [2.75, 3.05) is 24.5 Å². The molecule has 1 aliphatic rings. The van der Waals surface area contributed by atoms with Gasteiger partial charge in [0.25, 0.3) is 0 Å². The van der Waals surface area contributed by atoms with Gasteiger partial charge in [0.1, 0.15) is 5.82 Å². The zero-order valence-corrected chi connectivity index (χ0v) is 12.6. The standard InChI is InChI=1S/C14H21N5S/c1-14(10-15)3-5-19(6-4-14)13-16-12(17-18-13)8-11-2-7-20-9-11/h2,7,9H,3-6,8,10,15H2,1H3,(H,16,17,18). The van der Waals surface area contributed by atoms with E-state index in [0.29, 0.717) is 0 Å². The minimum atomic E-state index is 0.284. The summed E-state index contributed by atoms with van der Waals surface area (Å²) in [5.41, 5.74) is 7.41. The first-order chi connectivity index (χ1) is 9.68. The quantitative estimate of drug-likeness (QED) is 0.904. The van der Waals surface area contributed by atoms with Gasteiger partial charge < -0.3 is 10.6 Å². The van der Waals surface area contributed by atoms with E-state index in [4.69, 9.17) is 5.73 Å². The van der Waals surface area contributed by atoms with Gasteiger partial charge in [-0.1, -0.05) is 6.92 Å². The molecule has 108 valence electrons. The summed E-state index contributed by atoms with van der Waals surface area (Å²) in [6.45, 7) is 5.01. The van der Waals surface area contributed by atoms with Crippen molar-refractivity contribution < 1.29 is 0 Å². The molecule has 0 spiro atoms. The highest BCUT2D eigenvalue weighted by molar-refractivity contribution is 7.07. The second-order valence-electron chi connectivity index (χ2n) is 5.89. The Morgan fingerprint density at radius 1 is 1.45 bits per heavy atom. The second-order valence-corrected chi connectivity index (χ2v) is 6.67. The van der Waals surface area contributed by atoms with Crippen LogP contribution >= 0.6 is 11.3 Å². The third-order valence-electron chi connectivity index (χ3n) is 4.22. The first-order valence-corrected chi connectivity index (χ1v) is 8.00. The summed E-state index contributed by atoms with van der Waals surface area (Å²) in [5.74, 6) is 1.76. The number of aromatic nitrogens is 3. The maximum absolute atomic E-state index is 5.85. The number of thiophene rings is 1. The Labute approximate surface area is 123 Å². The van der Waals surface area contributed by atoms with Gasteiger partial charge in [0.05, 0.1) is 0 Å². The van der Waals surface area contributed by atoms with Crippen molar-refractivity contribution in [3.63, 3.8) is 0 Å². The molecule has 0 aromatic carbocycles. The van der Waals surface area contributed by atoms with Crippen LogP contribution < -0.4 is 10.6 Å². The molecule has 3 N–H and O–H groups in total. The molecule has 6 heteroatoms. The van der Waals surface area contributed by atoms with E-state index < -0.39 is 0 Å².